The second kappa shape index (κ2) is 10.5. The van der Waals surface area contributed by atoms with Gasteiger partial charge in [-0.15, -0.1) is 0 Å². The highest BCUT2D eigenvalue weighted by atomic mass is 16.3. The Labute approximate surface area is 220 Å². The third kappa shape index (κ3) is 4.66. The molecule has 194 valence electrons. The van der Waals surface area contributed by atoms with E-state index in [1.54, 1.807) is 36.4 Å². The van der Waals surface area contributed by atoms with Crippen LogP contribution in [0.1, 0.15) is 36.2 Å². The molecule has 0 aliphatic rings. The lowest BCUT2D eigenvalue weighted by Crippen LogP contribution is -2.31. The Morgan fingerprint density at radius 1 is 1.11 bits per heavy atom. The number of carbonyl (C=O) groups excluding carboxylic acids is 1. The van der Waals surface area contributed by atoms with Gasteiger partial charge in [0.2, 0.25) is 0 Å². The summed E-state index contributed by atoms with van der Waals surface area (Å²) in [4.78, 5) is 30.5. The number of fused-ring (bicyclic) bond motifs is 2. The minimum Gasteiger partial charge on any atom is -0.394 e. The van der Waals surface area contributed by atoms with Crippen molar-refractivity contribution in [2.24, 2.45) is 0 Å². The molecule has 1 aromatic carbocycles. The lowest BCUT2D eigenvalue weighted by molar-refractivity contribution is 0.0964. The fourth-order valence-electron chi connectivity index (χ4n) is 4.67. The molecule has 0 bridgehead atoms. The molecule has 0 fully saturated rings. The molecule has 0 aliphatic carbocycles. The fourth-order valence-corrected chi connectivity index (χ4v) is 4.67. The van der Waals surface area contributed by atoms with Crippen molar-refractivity contribution in [1.29, 1.82) is 0 Å². The number of anilines is 1. The van der Waals surface area contributed by atoms with E-state index < -0.39 is 0 Å². The first-order valence-electron chi connectivity index (χ1n) is 12.6. The van der Waals surface area contributed by atoms with Crippen LogP contribution in [0.4, 0.5) is 5.82 Å². The van der Waals surface area contributed by atoms with Crippen LogP contribution in [0.3, 0.4) is 0 Å². The topological polar surface area (TPSA) is 131 Å². The number of pyridine rings is 2. The summed E-state index contributed by atoms with van der Waals surface area (Å²) in [6.07, 6.45) is 7.57. The first kappa shape index (κ1) is 25.2. The van der Waals surface area contributed by atoms with Crippen molar-refractivity contribution in [3.05, 3.63) is 72.4 Å². The zero-order valence-corrected chi connectivity index (χ0v) is 21.6. The highest BCUT2D eigenvalue weighted by molar-refractivity contribution is 6.06. The molecular weight excluding hydrogens is 480 g/mol. The van der Waals surface area contributed by atoms with Crippen LogP contribution in [-0.2, 0) is 12.0 Å². The maximum absolute atomic E-state index is 12.4. The number of nitrogens with one attached hydrogen (secondary N) is 2. The summed E-state index contributed by atoms with van der Waals surface area (Å²) in [5, 5.41) is 21.4. The third-order valence-electron chi connectivity index (χ3n) is 7.08. The predicted octanol–water partition coefficient (Wildman–Crippen LogP) is 3.57. The molecule has 0 saturated heterocycles. The third-order valence-corrected chi connectivity index (χ3v) is 7.08. The van der Waals surface area contributed by atoms with Crippen LogP contribution in [0.25, 0.3) is 33.2 Å². The quantitative estimate of drug-likeness (QED) is 0.274. The summed E-state index contributed by atoms with van der Waals surface area (Å²) in [7, 11) is 1.63. The van der Waals surface area contributed by atoms with Crippen molar-refractivity contribution < 1.29 is 9.90 Å². The number of hydrogen-bond acceptors (Lipinski definition) is 8. The lowest BCUT2D eigenvalue weighted by Gasteiger charge is -2.30. The summed E-state index contributed by atoms with van der Waals surface area (Å²) in [5.74, 6) is 0.567. The Hall–Kier alpha value is -4.44. The maximum atomic E-state index is 12.4. The minimum atomic E-state index is -0.277. The summed E-state index contributed by atoms with van der Waals surface area (Å²) in [6, 6.07) is 11.6. The first-order chi connectivity index (χ1) is 18.5. The summed E-state index contributed by atoms with van der Waals surface area (Å²) in [6.45, 7) is 5.34. The number of para-hydroxylation sites is 1. The molecule has 0 saturated carbocycles. The molecule has 0 spiro atoms. The fraction of sp³-hybridized carbons (Fsp3) is 0.286. The molecule has 4 aromatic heterocycles. The Morgan fingerprint density at radius 2 is 1.97 bits per heavy atom. The average molecular weight is 511 g/mol. The zero-order valence-electron chi connectivity index (χ0n) is 21.6. The van der Waals surface area contributed by atoms with Gasteiger partial charge in [-0.05, 0) is 24.1 Å². The Balaban J connectivity index is 1.42. The van der Waals surface area contributed by atoms with Crippen LogP contribution in [0.15, 0.2) is 61.3 Å². The van der Waals surface area contributed by atoms with Gasteiger partial charge in [0, 0.05) is 53.8 Å². The van der Waals surface area contributed by atoms with E-state index in [1.165, 1.54) is 6.33 Å². The molecule has 1 atom stereocenters. The van der Waals surface area contributed by atoms with Gasteiger partial charge in [-0.2, -0.15) is 5.10 Å². The highest BCUT2D eigenvalue weighted by Crippen LogP contribution is 2.34. The maximum Gasteiger partial charge on any atom is 0.251 e. The van der Waals surface area contributed by atoms with E-state index in [1.807, 2.05) is 24.3 Å². The van der Waals surface area contributed by atoms with Gasteiger partial charge in [0.05, 0.1) is 36.1 Å². The molecule has 5 aromatic rings. The molecule has 0 aliphatic heterocycles. The number of aliphatic hydroxyl groups is 1. The average Bonchev–Trinajstić information content (AvgIpc) is 3.37. The second-order valence-corrected chi connectivity index (χ2v) is 9.42. The second-order valence-electron chi connectivity index (χ2n) is 9.42. The number of amides is 1. The van der Waals surface area contributed by atoms with Gasteiger partial charge in [-0.1, -0.05) is 32.0 Å². The minimum absolute atomic E-state index is 0.00189. The molecule has 0 unspecified atom stereocenters. The van der Waals surface area contributed by atoms with Crippen LogP contribution in [-0.4, -0.2) is 60.9 Å². The molecule has 38 heavy (non-hydrogen) atoms. The van der Waals surface area contributed by atoms with E-state index >= 15 is 0 Å². The monoisotopic (exact) mass is 510 g/mol. The number of aromatic nitrogens is 6. The van der Waals surface area contributed by atoms with Crippen LogP contribution >= 0.6 is 0 Å². The molecule has 0 radical (unpaired) electrons. The van der Waals surface area contributed by atoms with E-state index in [2.05, 4.69) is 55.6 Å². The number of hydrogen-bond donors (Lipinski definition) is 3. The summed E-state index contributed by atoms with van der Waals surface area (Å²) < 4.78 is 1.68. The normalized spacial score (nSPS) is 12.9. The molecule has 4 heterocycles. The molecule has 5 rings (SSSR count). The predicted molar refractivity (Wildman–Crippen MR) is 147 cm³/mol. The molecule has 10 heteroatoms. The summed E-state index contributed by atoms with van der Waals surface area (Å²) in [5.41, 5.74) is 4.54. The van der Waals surface area contributed by atoms with Crippen molar-refractivity contribution in [3.8, 4) is 11.3 Å². The number of benzene rings is 1. The number of nitrogens with zero attached hydrogens (tertiary/aromatic N) is 6. The smallest absolute Gasteiger partial charge is 0.251 e. The lowest BCUT2D eigenvalue weighted by atomic mass is 9.78. The summed E-state index contributed by atoms with van der Waals surface area (Å²) >= 11 is 0. The van der Waals surface area contributed by atoms with Crippen molar-refractivity contribution in [2.75, 3.05) is 25.5 Å². The number of aliphatic hydroxyl groups excluding tert-OH is 1. The van der Waals surface area contributed by atoms with Crippen LogP contribution in [0.5, 0.6) is 0 Å². The first-order valence-corrected chi connectivity index (χ1v) is 12.6. The van der Waals surface area contributed by atoms with Crippen LogP contribution in [0.2, 0.25) is 0 Å². The molecule has 10 nitrogen and oxygen atoms in total. The van der Waals surface area contributed by atoms with Gasteiger partial charge in [0.25, 0.3) is 5.91 Å². The van der Waals surface area contributed by atoms with Crippen molar-refractivity contribution in [3.63, 3.8) is 0 Å². The van der Waals surface area contributed by atoms with Crippen LogP contribution in [0, 0.1) is 0 Å². The van der Waals surface area contributed by atoms with Gasteiger partial charge in [0.1, 0.15) is 12.1 Å². The Bertz CT molecular complexity index is 1620. The number of carbonyl (C=O) groups is 1. The van der Waals surface area contributed by atoms with E-state index in [-0.39, 0.29) is 17.9 Å². The van der Waals surface area contributed by atoms with E-state index in [4.69, 9.17) is 0 Å². The van der Waals surface area contributed by atoms with Crippen molar-refractivity contribution >= 4 is 33.7 Å². The Morgan fingerprint density at radius 3 is 2.76 bits per heavy atom. The van der Waals surface area contributed by atoms with Crippen molar-refractivity contribution in [1.82, 2.24) is 35.0 Å². The van der Waals surface area contributed by atoms with Gasteiger partial charge >= 0.3 is 0 Å². The highest BCUT2D eigenvalue weighted by Gasteiger charge is 2.28. The van der Waals surface area contributed by atoms with Gasteiger partial charge in [-0.3, -0.25) is 9.78 Å². The van der Waals surface area contributed by atoms with E-state index in [0.717, 1.165) is 45.2 Å². The van der Waals surface area contributed by atoms with E-state index in [9.17, 15) is 9.90 Å². The van der Waals surface area contributed by atoms with Crippen LogP contribution < -0.4 is 10.6 Å². The van der Waals surface area contributed by atoms with Crippen molar-refractivity contribution in [2.45, 2.75) is 32.2 Å². The molecule has 1 amide bonds. The SMILES string of the molecule is CC[C@](C)(CNc1cc(-c2cnc3c(cnn3CCO)c2)ncn1)c1cccc2c(C(=O)NC)ccnc12. The van der Waals surface area contributed by atoms with Gasteiger partial charge in [-0.25, -0.2) is 19.6 Å². The Kier molecular flexibility index (Phi) is 6.97. The van der Waals surface area contributed by atoms with E-state index in [0.29, 0.717) is 24.5 Å². The van der Waals surface area contributed by atoms with Gasteiger partial charge in [0.15, 0.2) is 5.65 Å². The largest absolute Gasteiger partial charge is 0.394 e. The standard InChI is InChI=1S/C28H30N8O2/c1-4-28(2,22-7-5-6-20-21(27(38)29-3)8-9-30-25(20)22)16-32-24-13-23(33-17-34-24)18-12-19-15-35-36(10-11-37)26(19)31-14-18/h5-9,12-15,17,37H,4,10-11,16H2,1-3H3,(H,29,38)(H,32,33,34)/t28-/m1/s1. The number of rotatable bonds is 9. The molecule has 3 N–H and O–H groups in total. The van der Waals surface area contributed by atoms with Gasteiger partial charge < -0.3 is 15.7 Å². The zero-order chi connectivity index (χ0) is 26.7. The molecular formula is C28H30N8O2.